The van der Waals surface area contributed by atoms with E-state index >= 15 is 0 Å². The monoisotopic (exact) mass is 341 g/mol. The summed E-state index contributed by atoms with van der Waals surface area (Å²) in [5.41, 5.74) is 1.52. The van der Waals surface area contributed by atoms with Crippen molar-refractivity contribution >= 4 is 11.6 Å². The Hall–Kier alpha value is -3.08. The van der Waals surface area contributed by atoms with Gasteiger partial charge in [-0.25, -0.2) is 0 Å². The zero-order chi connectivity index (χ0) is 17.9. The largest absolute Gasteiger partial charge is 0.416 e. The SMILES string of the molecule is O=C(Nc1cccc(-c2ccccc2)c1)c1cccc(C(F)(F)F)c1. The van der Waals surface area contributed by atoms with Gasteiger partial charge in [0.15, 0.2) is 0 Å². The lowest BCUT2D eigenvalue weighted by atomic mass is 10.1. The average molecular weight is 341 g/mol. The second-order valence-electron chi connectivity index (χ2n) is 5.48. The first-order valence-corrected chi connectivity index (χ1v) is 7.57. The minimum Gasteiger partial charge on any atom is -0.322 e. The molecular weight excluding hydrogens is 327 g/mol. The molecule has 3 rings (SSSR count). The van der Waals surface area contributed by atoms with Crippen LogP contribution in [0.3, 0.4) is 0 Å². The second-order valence-corrected chi connectivity index (χ2v) is 5.48. The number of nitrogens with one attached hydrogen (secondary N) is 1. The van der Waals surface area contributed by atoms with Gasteiger partial charge in [0.05, 0.1) is 5.56 Å². The first-order chi connectivity index (χ1) is 11.9. The molecule has 3 aromatic rings. The van der Waals surface area contributed by atoms with Crippen molar-refractivity contribution in [3.8, 4) is 11.1 Å². The third-order valence-corrected chi connectivity index (χ3v) is 3.68. The Labute approximate surface area is 142 Å². The molecule has 2 nitrogen and oxygen atoms in total. The number of anilines is 1. The van der Waals surface area contributed by atoms with Gasteiger partial charge in [-0.15, -0.1) is 0 Å². The van der Waals surface area contributed by atoms with Gasteiger partial charge in [-0.1, -0.05) is 48.5 Å². The van der Waals surface area contributed by atoms with Crippen LogP contribution in [0.2, 0.25) is 0 Å². The van der Waals surface area contributed by atoms with Crippen molar-refractivity contribution < 1.29 is 18.0 Å². The number of halogens is 3. The van der Waals surface area contributed by atoms with E-state index in [2.05, 4.69) is 5.32 Å². The molecule has 0 atom stereocenters. The van der Waals surface area contributed by atoms with E-state index in [1.807, 2.05) is 36.4 Å². The summed E-state index contributed by atoms with van der Waals surface area (Å²) < 4.78 is 38.3. The molecule has 0 aromatic heterocycles. The molecule has 0 spiro atoms. The van der Waals surface area contributed by atoms with Crippen LogP contribution in [0.1, 0.15) is 15.9 Å². The zero-order valence-electron chi connectivity index (χ0n) is 13.0. The number of hydrogen-bond acceptors (Lipinski definition) is 1. The number of benzene rings is 3. The van der Waals surface area contributed by atoms with Gasteiger partial charge in [-0.2, -0.15) is 13.2 Å². The van der Waals surface area contributed by atoms with E-state index in [1.54, 1.807) is 18.2 Å². The second kappa shape index (κ2) is 6.81. The Balaban J connectivity index is 1.82. The molecule has 0 saturated heterocycles. The maximum atomic E-state index is 12.8. The smallest absolute Gasteiger partial charge is 0.322 e. The Morgan fingerprint density at radius 2 is 1.44 bits per heavy atom. The summed E-state index contributed by atoms with van der Waals surface area (Å²) in [6.07, 6.45) is -4.48. The number of amides is 1. The third kappa shape index (κ3) is 4.07. The molecule has 0 aliphatic heterocycles. The molecule has 25 heavy (non-hydrogen) atoms. The van der Waals surface area contributed by atoms with Crippen molar-refractivity contribution in [3.05, 3.63) is 90.0 Å². The fraction of sp³-hybridized carbons (Fsp3) is 0.0500. The Bertz CT molecular complexity index is 889. The van der Waals surface area contributed by atoms with E-state index in [4.69, 9.17) is 0 Å². The van der Waals surface area contributed by atoms with Crippen LogP contribution in [0.4, 0.5) is 18.9 Å². The summed E-state index contributed by atoms with van der Waals surface area (Å²) >= 11 is 0. The summed E-state index contributed by atoms with van der Waals surface area (Å²) in [6.45, 7) is 0. The van der Waals surface area contributed by atoms with Crippen LogP contribution in [0.25, 0.3) is 11.1 Å². The van der Waals surface area contributed by atoms with E-state index in [0.29, 0.717) is 5.69 Å². The highest BCUT2D eigenvalue weighted by atomic mass is 19.4. The minimum atomic E-state index is -4.48. The van der Waals surface area contributed by atoms with Crippen molar-refractivity contribution in [2.75, 3.05) is 5.32 Å². The summed E-state index contributed by atoms with van der Waals surface area (Å²) in [4.78, 5) is 12.3. The molecule has 0 heterocycles. The van der Waals surface area contributed by atoms with Gasteiger partial charge in [-0.3, -0.25) is 4.79 Å². The maximum absolute atomic E-state index is 12.8. The molecule has 1 amide bonds. The molecule has 1 N–H and O–H groups in total. The molecule has 0 fully saturated rings. The van der Waals surface area contributed by atoms with Crippen LogP contribution in [0, 0.1) is 0 Å². The summed E-state index contributed by atoms with van der Waals surface area (Å²) in [7, 11) is 0. The average Bonchev–Trinajstić information content (AvgIpc) is 2.62. The molecule has 0 radical (unpaired) electrons. The standard InChI is InChI=1S/C20H14F3NO/c21-20(22,23)17-10-4-9-16(12-17)19(25)24-18-11-5-8-15(13-18)14-6-2-1-3-7-14/h1-13H,(H,24,25). The minimum absolute atomic E-state index is 0.0417. The fourth-order valence-corrected chi connectivity index (χ4v) is 2.45. The van der Waals surface area contributed by atoms with Crippen molar-refractivity contribution in [3.63, 3.8) is 0 Å². The van der Waals surface area contributed by atoms with Crippen LogP contribution in [-0.4, -0.2) is 5.91 Å². The first kappa shape index (κ1) is 16.8. The molecule has 3 aromatic carbocycles. The lowest BCUT2D eigenvalue weighted by Gasteiger charge is -2.10. The van der Waals surface area contributed by atoms with Gasteiger partial charge in [-0.05, 0) is 41.5 Å². The third-order valence-electron chi connectivity index (χ3n) is 3.68. The van der Waals surface area contributed by atoms with Crippen molar-refractivity contribution in [2.24, 2.45) is 0 Å². The molecule has 5 heteroatoms. The van der Waals surface area contributed by atoms with Crippen LogP contribution >= 0.6 is 0 Å². The molecule has 0 saturated carbocycles. The number of alkyl halides is 3. The van der Waals surface area contributed by atoms with E-state index in [0.717, 1.165) is 23.3 Å². The Morgan fingerprint density at radius 1 is 0.760 bits per heavy atom. The maximum Gasteiger partial charge on any atom is 0.416 e. The molecule has 0 unspecified atom stereocenters. The first-order valence-electron chi connectivity index (χ1n) is 7.57. The lowest BCUT2D eigenvalue weighted by Crippen LogP contribution is -2.13. The van der Waals surface area contributed by atoms with Gasteiger partial charge in [0.25, 0.3) is 5.91 Å². The number of hydrogen-bond donors (Lipinski definition) is 1. The van der Waals surface area contributed by atoms with Crippen molar-refractivity contribution in [1.29, 1.82) is 0 Å². The van der Waals surface area contributed by atoms with E-state index < -0.39 is 17.6 Å². The predicted octanol–water partition coefficient (Wildman–Crippen LogP) is 5.62. The van der Waals surface area contributed by atoms with Gasteiger partial charge in [0, 0.05) is 11.3 Å². The topological polar surface area (TPSA) is 29.1 Å². The zero-order valence-corrected chi connectivity index (χ0v) is 13.0. The van der Waals surface area contributed by atoms with Crippen LogP contribution in [0.5, 0.6) is 0 Å². The van der Waals surface area contributed by atoms with Crippen molar-refractivity contribution in [1.82, 2.24) is 0 Å². The number of rotatable bonds is 3. The molecular formula is C20H14F3NO. The van der Waals surface area contributed by atoms with Gasteiger partial charge >= 0.3 is 6.18 Å². The Kier molecular flexibility index (Phi) is 4.57. The normalized spacial score (nSPS) is 11.2. The summed E-state index contributed by atoms with van der Waals surface area (Å²) in [5, 5.41) is 2.64. The molecule has 0 aliphatic rings. The van der Waals surface area contributed by atoms with E-state index in [9.17, 15) is 18.0 Å². The highest BCUT2D eigenvalue weighted by Gasteiger charge is 2.30. The Morgan fingerprint density at radius 3 is 2.16 bits per heavy atom. The van der Waals surface area contributed by atoms with E-state index in [1.165, 1.54) is 12.1 Å². The predicted molar refractivity (Wildman–Crippen MR) is 91.3 cm³/mol. The van der Waals surface area contributed by atoms with Gasteiger partial charge < -0.3 is 5.32 Å². The number of carbonyl (C=O) groups is 1. The van der Waals surface area contributed by atoms with Crippen LogP contribution in [0.15, 0.2) is 78.9 Å². The highest BCUT2D eigenvalue weighted by Crippen LogP contribution is 2.30. The quantitative estimate of drug-likeness (QED) is 0.658. The highest BCUT2D eigenvalue weighted by molar-refractivity contribution is 6.04. The van der Waals surface area contributed by atoms with Crippen LogP contribution < -0.4 is 5.32 Å². The van der Waals surface area contributed by atoms with Gasteiger partial charge in [0.2, 0.25) is 0 Å². The molecule has 0 aliphatic carbocycles. The summed E-state index contributed by atoms with van der Waals surface area (Å²) in [5.74, 6) is -0.587. The molecule has 0 bridgehead atoms. The number of carbonyl (C=O) groups excluding carboxylic acids is 1. The lowest BCUT2D eigenvalue weighted by molar-refractivity contribution is -0.137. The fourth-order valence-electron chi connectivity index (χ4n) is 2.45. The van der Waals surface area contributed by atoms with E-state index in [-0.39, 0.29) is 5.56 Å². The van der Waals surface area contributed by atoms with Crippen LogP contribution in [-0.2, 0) is 6.18 Å². The van der Waals surface area contributed by atoms with Crippen molar-refractivity contribution in [2.45, 2.75) is 6.18 Å². The molecule has 126 valence electrons. The van der Waals surface area contributed by atoms with Gasteiger partial charge in [0.1, 0.15) is 0 Å². The summed E-state index contributed by atoms with van der Waals surface area (Å²) in [6, 6.07) is 21.1.